The van der Waals surface area contributed by atoms with E-state index in [0.29, 0.717) is 6.42 Å². The highest BCUT2D eigenvalue weighted by Crippen LogP contribution is 2.48. The lowest BCUT2D eigenvalue weighted by Gasteiger charge is -2.38. The molecule has 0 aromatic carbocycles. The Kier molecular flexibility index (Phi) is 3.31. The van der Waals surface area contributed by atoms with Crippen molar-refractivity contribution in [3.8, 4) is 0 Å². The van der Waals surface area contributed by atoms with E-state index in [1.54, 1.807) is 23.1 Å². The topological polar surface area (TPSA) is 40.6 Å². The number of fused-ring (bicyclic) bond motifs is 2. The Hall–Kier alpha value is -1.01. The van der Waals surface area contributed by atoms with E-state index in [0.717, 1.165) is 25.1 Å². The van der Waals surface area contributed by atoms with E-state index in [1.807, 2.05) is 9.80 Å². The Bertz CT molecular complexity index is 644. The maximum atomic E-state index is 13.1. The molecule has 2 saturated heterocycles. The molecule has 0 unspecified atom stereocenters. The van der Waals surface area contributed by atoms with Crippen LogP contribution in [0.25, 0.3) is 0 Å². The average Bonchev–Trinajstić information content (AvgIpc) is 3.15. The quantitative estimate of drug-likeness (QED) is 0.792. The third kappa shape index (κ3) is 1.96. The fourth-order valence-electron chi connectivity index (χ4n) is 4.01. The van der Waals surface area contributed by atoms with Crippen LogP contribution >= 0.6 is 23.1 Å². The zero-order chi connectivity index (χ0) is 15.5. The first kappa shape index (κ1) is 14.6. The summed E-state index contributed by atoms with van der Waals surface area (Å²) >= 11 is 3.55. The summed E-state index contributed by atoms with van der Waals surface area (Å²) in [6.45, 7) is 4.98. The highest BCUT2D eigenvalue weighted by Gasteiger charge is 2.54. The first-order valence-corrected chi connectivity index (χ1v) is 9.71. The highest BCUT2D eigenvalue weighted by molar-refractivity contribution is 8.01. The van der Waals surface area contributed by atoms with Gasteiger partial charge in [0.1, 0.15) is 6.04 Å². The van der Waals surface area contributed by atoms with Gasteiger partial charge in [0, 0.05) is 23.6 Å². The van der Waals surface area contributed by atoms with Crippen molar-refractivity contribution in [3.63, 3.8) is 0 Å². The molecule has 1 aromatic rings. The van der Waals surface area contributed by atoms with Gasteiger partial charge in [-0.15, -0.1) is 23.1 Å². The van der Waals surface area contributed by atoms with E-state index >= 15 is 0 Å². The lowest BCUT2D eigenvalue weighted by molar-refractivity contribution is -0.145. The molecule has 0 N–H and O–H groups in total. The Morgan fingerprint density at radius 1 is 1.41 bits per heavy atom. The molecule has 22 heavy (non-hydrogen) atoms. The number of carbonyl (C=O) groups is 2. The minimum atomic E-state index is -0.271. The second-order valence-electron chi connectivity index (χ2n) is 6.52. The summed E-state index contributed by atoms with van der Waals surface area (Å²) in [5.41, 5.74) is 1.28. The van der Waals surface area contributed by atoms with Crippen LogP contribution in [0, 0.1) is 0 Å². The molecule has 1 aromatic heterocycles. The number of nitrogens with zero attached hydrogens (tertiary/aromatic N) is 2. The van der Waals surface area contributed by atoms with E-state index < -0.39 is 0 Å². The van der Waals surface area contributed by atoms with Gasteiger partial charge in [-0.3, -0.25) is 9.59 Å². The highest BCUT2D eigenvalue weighted by atomic mass is 32.2. The predicted molar refractivity (Wildman–Crippen MR) is 88.9 cm³/mol. The maximum absolute atomic E-state index is 13.1. The summed E-state index contributed by atoms with van der Waals surface area (Å²) < 4.78 is 0. The van der Waals surface area contributed by atoms with Gasteiger partial charge in [-0.05, 0) is 43.7 Å². The minimum Gasteiger partial charge on any atom is -0.334 e. The molecule has 3 aliphatic rings. The van der Waals surface area contributed by atoms with E-state index in [9.17, 15) is 9.59 Å². The molecule has 2 amide bonds. The summed E-state index contributed by atoms with van der Waals surface area (Å²) in [7, 11) is 0. The van der Waals surface area contributed by atoms with Gasteiger partial charge in [0.2, 0.25) is 11.8 Å². The molecule has 0 radical (unpaired) electrons. The van der Waals surface area contributed by atoms with Crippen molar-refractivity contribution in [3.05, 3.63) is 21.9 Å². The Balaban J connectivity index is 1.59. The molecule has 4 nitrogen and oxygen atoms in total. The molecule has 4 rings (SSSR count). The molecular formula is C16H20N2O2S2. The number of thiophene rings is 1. The van der Waals surface area contributed by atoms with Gasteiger partial charge in [0.15, 0.2) is 0 Å². The average molecular weight is 336 g/mol. The van der Waals surface area contributed by atoms with Crippen LogP contribution in [-0.4, -0.2) is 44.8 Å². The monoisotopic (exact) mass is 336 g/mol. The number of rotatable bonds is 1. The van der Waals surface area contributed by atoms with Gasteiger partial charge in [-0.1, -0.05) is 0 Å². The third-order valence-corrected chi connectivity index (χ3v) is 7.79. The molecule has 3 atom stereocenters. The normalized spacial score (nSPS) is 34.0. The summed E-state index contributed by atoms with van der Waals surface area (Å²) in [6.07, 6.45) is 2.39. The zero-order valence-electron chi connectivity index (χ0n) is 12.9. The van der Waals surface area contributed by atoms with Gasteiger partial charge in [0.25, 0.3) is 0 Å². The van der Waals surface area contributed by atoms with Crippen molar-refractivity contribution in [2.24, 2.45) is 0 Å². The van der Waals surface area contributed by atoms with Gasteiger partial charge in [-0.25, -0.2) is 0 Å². The minimum absolute atomic E-state index is 0.122. The summed E-state index contributed by atoms with van der Waals surface area (Å²) in [5.74, 6) is 1.02. The molecule has 0 aliphatic carbocycles. The number of hydrogen-bond acceptors (Lipinski definition) is 4. The Morgan fingerprint density at radius 3 is 3.05 bits per heavy atom. The lowest BCUT2D eigenvalue weighted by atomic mass is 10.0. The third-order valence-electron chi connectivity index (χ3n) is 5.29. The molecule has 0 spiro atoms. The van der Waals surface area contributed by atoms with E-state index in [4.69, 9.17) is 0 Å². The first-order chi connectivity index (χ1) is 10.5. The van der Waals surface area contributed by atoms with Gasteiger partial charge in [-0.2, -0.15) is 0 Å². The standard InChI is InChI=1S/C16H20N2O2S2/c1-10-11-5-8-21-13(11)4-7-17(10)15(20)12-9-22-16(2)6-3-14(19)18(12)16/h5,8,10,12H,3-4,6-7,9H2,1-2H3/t10-,12-,16+/m1/s1. The van der Waals surface area contributed by atoms with Crippen molar-refractivity contribution in [2.75, 3.05) is 12.3 Å². The Labute approximate surface area is 138 Å². The number of amides is 2. The predicted octanol–water partition coefficient (Wildman–Crippen LogP) is 2.65. The van der Waals surface area contributed by atoms with Gasteiger partial charge >= 0.3 is 0 Å². The van der Waals surface area contributed by atoms with Crippen LogP contribution in [0.1, 0.15) is 43.2 Å². The van der Waals surface area contributed by atoms with Crippen LogP contribution < -0.4 is 0 Å². The van der Waals surface area contributed by atoms with Crippen LogP contribution in [-0.2, 0) is 16.0 Å². The Morgan fingerprint density at radius 2 is 2.23 bits per heavy atom. The van der Waals surface area contributed by atoms with Crippen molar-refractivity contribution < 1.29 is 9.59 Å². The molecule has 118 valence electrons. The molecule has 4 heterocycles. The second kappa shape index (κ2) is 4.99. The van der Waals surface area contributed by atoms with Crippen molar-refractivity contribution >= 4 is 34.9 Å². The molecule has 0 bridgehead atoms. The van der Waals surface area contributed by atoms with Gasteiger partial charge in [0.05, 0.1) is 10.9 Å². The second-order valence-corrected chi connectivity index (χ2v) is 9.02. The fourth-order valence-corrected chi connectivity index (χ4v) is 6.39. The maximum Gasteiger partial charge on any atom is 0.246 e. The fraction of sp³-hybridized carbons (Fsp3) is 0.625. The molecule has 6 heteroatoms. The molecule has 3 aliphatic heterocycles. The van der Waals surface area contributed by atoms with Crippen molar-refractivity contribution in [2.45, 2.75) is 50.1 Å². The zero-order valence-corrected chi connectivity index (χ0v) is 14.5. The summed E-state index contributed by atoms with van der Waals surface area (Å²) in [4.78, 5) is 30.4. The summed E-state index contributed by atoms with van der Waals surface area (Å²) in [5, 5.41) is 2.11. The van der Waals surface area contributed by atoms with E-state index in [2.05, 4.69) is 25.3 Å². The molecule has 0 saturated carbocycles. The summed E-state index contributed by atoms with van der Waals surface area (Å²) in [6, 6.07) is 1.99. The lowest BCUT2D eigenvalue weighted by Crippen LogP contribution is -2.52. The van der Waals surface area contributed by atoms with Crippen LogP contribution in [0.5, 0.6) is 0 Å². The van der Waals surface area contributed by atoms with E-state index in [1.165, 1.54) is 10.4 Å². The largest absolute Gasteiger partial charge is 0.334 e. The number of thioether (sulfide) groups is 1. The SMILES string of the molecule is C[C@@H]1c2ccsc2CCN1C(=O)[C@H]1CS[C@@]2(C)CCC(=O)N12. The van der Waals surface area contributed by atoms with Crippen LogP contribution in [0.2, 0.25) is 0 Å². The smallest absolute Gasteiger partial charge is 0.246 e. The number of hydrogen-bond donors (Lipinski definition) is 0. The molecular weight excluding hydrogens is 316 g/mol. The van der Waals surface area contributed by atoms with Crippen molar-refractivity contribution in [1.82, 2.24) is 9.80 Å². The molecule has 2 fully saturated rings. The van der Waals surface area contributed by atoms with Crippen LogP contribution in [0.15, 0.2) is 11.4 Å². The van der Waals surface area contributed by atoms with Crippen LogP contribution in [0.4, 0.5) is 0 Å². The van der Waals surface area contributed by atoms with Gasteiger partial charge < -0.3 is 9.80 Å². The first-order valence-electron chi connectivity index (χ1n) is 7.84. The van der Waals surface area contributed by atoms with Crippen LogP contribution in [0.3, 0.4) is 0 Å². The van der Waals surface area contributed by atoms with Crippen molar-refractivity contribution in [1.29, 1.82) is 0 Å². The number of carbonyl (C=O) groups excluding carboxylic acids is 2. The van der Waals surface area contributed by atoms with E-state index in [-0.39, 0.29) is 28.8 Å².